The van der Waals surface area contributed by atoms with Crippen LogP contribution in [0.2, 0.25) is 0 Å². The predicted octanol–water partition coefficient (Wildman–Crippen LogP) is 1.18. The highest BCUT2D eigenvalue weighted by Gasteiger charge is 2.23. The molecule has 2 aliphatic rings. The van der Waals surface area contributed by atoms with Gasteiger partial charge in [-0.2, -0.15) is 0 Å². The largest absolute Gasteiger partial charge is 0.481 e. The van der Waals surface area contributed by atoms with Crippen molar-refractivity contribution in [2.24, 2.45) is 10.9 Å². The fraction of sp³-hybridized carbons (Fsp3) is 0.550. The molecule has 0 radical (unpaired) electrons. The molecule has 0 unspecified atom stereocenters. The van der Waals surface area contributed by atoms with E-state index in [4.69, 9.17) is 5.11 Å². The number of hydrogen-bond donors (Lipinski definition) is 4. The van der Waals surface area contributed by atoms with E-state index in [1.807, 2.05) is 4.90 Å². The normalized spacial score (nSPS) is 18.4. The maximum absolute atomic E-state index is 14.6. The zero-order valence-corrected chi connectivity index (χ0v) is 16.6. The van der Waals surface area contributed by atoms with Crippen LogP contribution in [0.5, 0.6) is 0 Å². The van der Waals surface area contributed by atoms with Crippen LogP contribution in [0.1, 0.15) is 36.5 Å². The van der Waals surface area contributed by atoms with Crippen molar-refractivity contribution in [2.75, 3.05) is 37.6 Å². The van der Waals surface area contributed by atoms with Crippen molar-refractivity contribution in [1.82, 2.24) is 16.0 Å². The minimum absolute atomic E-state index is 0.00179. The maximum Gasteiger partial charge on any atom is 0.308 e. The lowest BCUT2D eigenvalue weighted by atomic mass is 10.0. The SMILES string of the molecule is C[C@H](CNC(=O)c1ccc(N2CCC(NC3=NCCCN3)CC2)c(F)c1)C(=O)O. The van der Waals surface area contributed by atoms with Crippen molar-refractivity contribution >= 4 is 23.5 Å². The number of anilines is 1. The van der Waals surface area contributed by atoms with Gasteiger partial charge in [0.05, 0.1) is 11.6 Å². The summed E-state index contributed by atoms with van der Waals surface area (Å²) in [7, 11) is 0. The highest BCUT2D eigenvalue weighted by molar-refractivity contribution is 5.94. The van der Waals surface area contributed by atoms with Gasteiger partial charge < -0.3 is 26.0 Å². The molecule has 1 saturated heterocycles. The van der Waals surface area contributed by atoms with Gasteiger partial charge in [-0.3, -0.25) is 14.6 Å². The molecule has 0 saturated carbocycles. The Morgan fingerprint density at radius 2 is 2.14 bits per heavy atom. The van der Waals surface area contributed by atoms with Gasteiger partial charge in [0.25, 0.3) is 5.91 Å². The molecule has 158 valence electrons. The minimum atomic E-state index is -0.990. The Morgan fingerprint density at radius 3 is 2.76 bits per heavy atom. The Balaban J connectivity index is 1.53. The topological polar surface area (TPSA) is 106 Å². The van der Waals surface area contributed by atoms with Gasteiger partial charge in [0.15, 0.2) is 5.96 Å². The number of piperidine rings is 1. The molecule has 2 aliphatic heterocycles. The van der Waals surface area contributed by atoms with Crippen LogP contribution in [0.25, 0.3) is 0 Å². The zero-order valence-electron chi connectivity index (χ0n) is 16.6. The molecule has 1 amide bonds. The highest BCUT2D eigenvalue weighted by Crippen LogP contribution is 2.24. The summed E-state index contributed by atoms with van der Waals surface area (Å²) < 4.78 is 14.6. The van der Waals surface area contributed by atoms with Crippen LogP contribution in [-0.2, 0) is 4.79 Å². The van der Waals surface area contributed by atoms with E-state index in [0.717, 1.165) is 38.3 Å². The molecule has 0 aliphatic carbocycles. The number of carboxylic acids is 1. The maximum atomic E-state index is 14.6. The molecule has 9 heteroatoms. The number of nitrogens with one attached hydrogen (secondary N) is 3. The second-order valence-electron chi connectivity index (χ2n) is 7.53. The lowest BCUT2D eigenvalue weighted by Crippen LogP contribution is -2.50. The zero-order chi connectivity index (χ0) is 20.8. The van der Waals surface area contributed by atoms with Gasteiger partial charge in [0, 0.05) is 44.3 Å². The summed E-state index contributed by atoms with van der Waals surface area (Å²) in [5, 5.41) is 18.1. The van der Waals surface area contributed by atoms with Gasteiger partial charge in [-0.05, 0) is 37.5 Å². The van der Waals surface area contributed by atoms with Crippen molar-refractivity contribution < 1.29 is 19.1 Å². The van der Waals surface area contributed by atoms with E-state index in [1.54, 1.807) is 12.1 Å². The molecule has 0 bridgehead atoms. The first-order valence-electron chi connectivity index (χ1n) is 10.0. The number of hydrogen-bond acceptors (Lipinski definition) is 6. The number of nitrogens with zero attached hydrogens (tertiary/aromatic N) is 2. The minimum Gasteiger partial charge on any atom is -0.481 e. The van der Waals surface area contributed by atoms with Crippen LogP contribution in [-0.4, -0.2) is 61.7 Å². The molecule has 1 atom stereocenters. The van der Waals surface area contributed by atoms with Crippen molar-refractivity contribution in [2.45, 2.75) is 32.2 Å². The van der Waals surface area contributed by atoms with E-state index in [9.17, 15) is 14.0 Å². The number of amides is 1. The van der Waals surface area contributed by atoms with Crippen molar-refractivity contribution in [1.29, 1.82) is 0 Å². The van der Waals surface area contributed by atoms with Gasteiger partial charge in [0.1, 0.15) is 5.82 Å². The average molecular weight is 405 g/mol. The molecule has 3 rings (SSSR count). The number of carbonyl (C=O) groups excluding carboxylic acids is 1. The first kappa shape index (κ1) is 20.9. The molecule has 29 heavy (non-hydrogen) atoms. The highest BCUT2D eigenvalue weighted by atomic mass is 19.1. The van der Waals surface area contributed by atoms with Crippen LogP contribution in [0.15, 0.2) is 23.2 Å². The molecule has 0 aromatic heterocycles. The van der Waals surface area contributed by atoms with E-state index in [0.29, 0.717) is 24.8 Å². The van der Waals surface area contributed by atoms with Crippen molar-refractivity contribution in [3.05, 3.63) is 29.6 Å². The summed E-state index contributed by atoms with van der Waals surface area (Å²) in [6, 6.07) is 4.71. The smallest absolute Gasteiger partial charge is 0.308 e. The van der Waals surface area contributed by atoms with Crippen LogP contribution in [0.3, 0.4) is 0 Å². The van der Waals surface area contributed by atoms with E-state index in [2.05, 4.69) is 20.9 Å². The quantitative estimate of drug-likeness (QED) is 0.567. The summed E-state index contributed by atoms with van der Waals surface area (Å²) >= 11 is 0. The molecular weight excluding hydrogens is 377 g/mol. The molecule has 8 nitrogen and oxygen atoms in total. The molecule has 1 aromatic carbocycles. The van der Waals surface area contributed by atoms with Crippen LogP contribution in [0.4, 0.5) is 10.1 Å². The summed E-state index contributed by atoms with van der Waals surface area (Å²) in [5.74, 6) is -1.77. The fourth-order valence-electron chi connectivity index (χ4n) is 3.43. The molecule has 1 fully saturated rings. The summed E-state index contributed by atoms with van der Waals surface area (Å²) in [6.45, 7) is 4.70. The standard InChI is InChI=1S/C20H28FN5O3/c1-13(19(28)29)12-24-18(27)14-3-4-17(16(21)11-14)26-9-5-15(6-10-26)25-20-22-7-2-8-23-20/h3-4,11,13,15H,2,5-10,12H2,1H3,(H,24,27)(H,28,29)(H2,22,23,25)/t13-/m1/s1. The third-order valence-corrected chi connectivity index (χ3v) is 5.27. The summed E-state index contributed by atoms with van der Waals surface area (Å²) in [5.41, 5.74) is 0.661. The van der Waals surface area contributed by atoms with E-state index < -0.39 is 23.6 Å². The average Bonchev–Trinajstić information content (AvgIpc) is 2.73. The Morgan fingerprint density at radius 1 is 1.38 bits per heavy atom. The van der Waals surface area contributed by atoms with Crippen LogP contribution >= 0.6 is 0 Å². The Kier molecular flexibility index (Phi) is 6.90. The van der Waals surface area contributed by atoms with Gasteiger partial charge in [-0.1, -0.05) is 6.92 Å². The van der Waals surface area contributed by atoms with Gasteiger partial charge >= 0.3 is 5.97 Å². The van der Waals surface area contributed by atoms with E-state index in [1.165, 1.54) is 13.0 Å². The first-order valence-corrected chi connectivity index (χ1v) is 10.0. The van der Waals surface area contributed by atoms with E-state index in [-0.39, 0.29) is 12.1 Å². The number of benzene rings is 1. The molecule has 4 N–H and O–H groups in total. The Hall–Kier alpha value is -2.84. The number of aliphatic carboxylic acids is 1. The number of guanidine groups is 1. The Bertz CT molecular complexity index is 777. The fourth-order valence-corrected chi connectivity index (χ4v) is 3.43. The third-order valence-electron chi connectivity index (χ3n) is 5.27. The van der Waals surface area contributed by atoms with Crippen LogP contribution < -0.4 is 20.9 Å². The van der Waals surface area contributed by atoms with Crippen molar-refractivity contribution in [3.8, 4) is 0 Å². The van der Waals surface area contributed by atoms with Gasteiger partial charge in [-0.15, -0.1) is 0 Å². The molecular formula is C20H28FN5O3. The third kappa shape index (κ3) is 5.58. The number of halogens is 1. The monoisotopic (exact) mass is 405 g/mol. The number of aliphatic imine (C=N–C) groups is 1. The number of carboxylic acid groups (broad SMARTS) is 1. The summed E-state index contributed by atoms with van der Waals surface area (Å²) in [4.78, 5) is 29.4. The second kappa shape index (κ2) is 9.58. The molecule has 0 spiro atoms. The van der Waals surface area contributed by atoms with Crippen molar-refractivity contribution in [3.63, 3.8) is 0 Å². The summed E-state index contributed by atoms with van der Waals surface area (Å²) in [6.07, 6.45) is 2.79. The first-order chi connectivity index (χ1) is 13.9. The Labute approximate surface area is 169 Å². The number of carbonyl (C=O) groups is 2. The van der Waals surface area contributed by atoms with Gasteiger partial charge in [-0.25, -0.2) is 4.39 Å². The lowest BCUT2D eigenvalue weighted by molar-refractivity contribution is -0.140. The molecule has 1 aromatic rings. The molecule has 2 heterocycles. The second-order valence-corrected chi connectivity index (χ2v) is 7.53. The lowest BCUT2D eigenvalue weighted by Gasteiger charge is -2.35. The number of rotatable bonds is 6. The van der Waals surface area contributed by atoms with E-state index >= 15 is 0 Å². The van der Waals surface area contributed by atoms with Gasteiger partial charge in [0.2, 0.25) is 0 Å². The van der Waals surface area contributed by atoms with Crippen LogP contribution in [0, 0.1) is 11.7 Å². The predicted molar refractivity (Wildman–Crippen MR) is 109 cm³/mol.